The first kappa shape index (κ1) is 14.3. The monoisotopic (exact) mass is 274 g/mol. The molecule has 106 valence electrons. The number of benzene rings is 1. The van der Waals surface area contributed by atoms with E-state index in [-0.39, 0.29) is 0 Å². The summed E-state index contributed by atoms with van der Waals surface area (Å²) in [5.41, 5.74) is 2.22. The second kappa shape index (κ2) is 6.88. The highest BCUT2D eigenvalue weighted by molar-refractivity contribution is 5.58. The SMILES string of the molecule is COCc1nccc(N(O)Cc2ccccc2)c1OC. The lowest BCUT2D eigenvalue weighted by molar-refractivity contribution is 0.177. The van der Waals surface area contributed by atoms with Gasteiger partial charge in [-0.25, -0.2) is 5.06 Å². The summed E-state index contributed by atoms with van der Waals surface area (Å²) >= 11 is 0. The van der Waals surface area contributed by atoms with E-state index >= 15 is 0 Å². The van der Waals surface area contributed by atoms with Crippen LogP contribution >= 0.6 is 0 Å². The van der Waals surface area contributed by atoms with Gasteiger partial charge >= 0.3 is 0 Å². The number of anilines is 1. The molecule has 1 aromatic carbocycles. The average molecular weight is 274 g/mol. The molecule has 0 aliphatic carbocycles. The van der Waals surface area contributed by atoms with Gasteiger partial charge in [-0.1, -0.05) is 30.3 Å². The van der Waals surface area contributed by atoms with Crippen molar-refractivity contribution < 1.29 is 14.7 Å². The highest BCUT2D eigenvalue weighted by Crippen LogP contribution is 2.30. The van der Waals surface area contributed by atoms with Crippen molar-refractivity contribution in [3.8, 4) is 5.75 Å². The number of pyridine rings is 1. The molecule has 1 heterocycles. The van der Waals surface area contributed by atoms with Crippen LogP contribution in [-0.2, 0) is 17.9 Å². The molecule has 5 heteroatoms. The maximum Gasteiger partial charge on any atom is 0.168 e. The van der Waals surface area contributed by atoms with Gasteiger partial charge in [0.2, 0.25) is 0 Å². The number of methoxy groups -OCH3 is 2. The lowest BCUT2D eigenvalue weighted by Crippen LogP contribution is -2.19. The Morgan fingerprint density at radius 1 is 1.15 bits per heavy atom. The maximum atomic E-state index is 10.3. The molecule has 0 aliphatic rings. The highest BCUT2D eigenvalue weighted by Gasteiger charge is 2.15. The number of hydroxylamine groups is 1. The average Bonchev–Trinajstić information content (AvgIpc) is 2.48. The summed E-state index contributed by atoms with van der Waals surface area (Å²) in [6, 6.07) is 11.4. The molecule has 0 saturated carbocycles. The van der Waals surface area contributed by atoms with Crippen molar-refractivity contribution in [2.24, 2.45) is 0 Å². The van der Waals surface area contributed by atoms with Gasteiger partial charge in [-0.3, -0.25) is 10.2 Å². The van der Waals surface area contributed by atoms with Crippen molar-refractivity contribution in [2.75, 3.05) is 19.3 Å². The molecule has 0 atom stereocenters. The van der Waals surface area contributed by atoms with E-state index in [4.69, 9.17) is 9.47 Å². The summed E-state index contributed by atoms with van der Waals surface area (Å²) in [6.45, 7) is 0.698. The van der Waals surface area contributed by atoms with Gasteiger partial charge in [0.1, 0.15) is 11.4 Å². The summed E-state index contributed by atoms with van der Waals surface area (Å²) in [6.07, 6.45) is 1.63. The quantitative estimate of drug-likeness (QED) is 0.821. The molecule has 5 nitrogen and oxygen atoms in total. The van der Waals surface area contributed by atoms with Crippen molar-refractivity contribution in [1.29, 1.82) is 0 Å². The number of rotatable bonds is 6. The third-order valence-electron chi connectivity index (χ3n) is 2.90. The molecule has 1 N–H and O–H groups in total. The van der Waals surface area contributed by atoms with E-state index < -0.39 is 0 Å². The van der Waals surface area contributed by atoms with Gasteiger partial charge in [-0.15, -0.1) is 0 Å². The minimum Gasteiger partial charge on any atom is -0.492 e. The Morgan fingerprint density at radius 2 is 1.90 bits per heavy atom. The molecule has 1 aromatic heterocycles. The minimum absolute atomic E-state index is 0.330. The lowest BCUT2D eigenvalue weighted by Gasteiger charge is -2.20. The molecule has 20 heavy (non-hydrogen) atoms. The molecule has 0 spiro atoms. The molecule has 0 fully saturated rings. The second-order valence-corrected chi connectivity index (χ2v) is 4.29. The number of aromatic nitrogens is 1. The van der Waals surface area contributed by atoms with Gasteiger partial charge in [-0.05, 0) is 11.6 Å². The Bertz CT molecular complexity index is 546. The van der Waals surface area contributed by atoms with Crippen LogP contribution in [0.15, 0.2) is 42.6 Å². The molecule has 2 aromatic rings. The summed E-state index contributed by atoms with van der Waals surface area (Å²) in [5.74, 6) is 0.521. The van der Waals surface area contributed by atoms with Gasteiger partial charge in [0.05, 0.1) is 20.3 Å². The van der Waals surface area contributed by atoms with Crippen molar-refractivity contribution in [3.05, 3.63) is 53.9 Å². The number of hydrogen-bond acceptors (Lipinski definition) is 5. The largest absolute Gasteiger partial charge is 0.492 e. The van der Waals surface area contributed by atoms with Crippen molar-refractivity contribution in [1.82, 2.24) is 4.98 Å². The van der Waals surface area contributed by atoms with Crippen LogP contribution in [0.2, 0.25) is 0 Å². The molecule has 0 saturated heterocycles. The van der Waals surface area contributed by atoms with Gasteiger partial charge < -0.3 is 9.47 Å². The van der Waals surface area contributed by atoms with E-state index in [1.54, 1.807) is 26.5 Å². The zero-order valence-corrected chi connectivity index (χ0v) is 11.6. The Hall–Kier alpha value is -2.11. The predicted octanol–water partition coefficient (Wildman–Crippen LogP) is 2.63. The Balaban J connectivity index is 2.25. The summed E-state index contributed by atoms with van der Waals surface area (Å²) in [7, 11) is 3.14. The van der Waals surface area contributed by atoms with Crippen LogP contribution < -0.4 is 9.80 Å². The van der Waals surface area contributed by atoms with E-state index in [9.17, 15) is 5.21 Å². The van der Waals surface area contributed by atoms with Crippen molar-refractivity contribution in [3.63, 3.8) is 0 Å². The molecule has 2 rings (SSSR count). The fourth-order valence-electron chi connectivity index (χ4n) is 1.99. The van der Waals surface area contributed by atoms with Crippen LogP contribution in [0.4, 0.5) is 5.69 Å². The zero-order chi connectivity index (χ0) is 14.4. The van der Waals surface area contributed by atoms with Gasteiger partial charge in [-0.2, -0.15) is 0 Å². The van der Waals surface area contributed by atoms with E-state index in [1.165, 1.54) is 0 Å². The van der Waals surface area contributed by atoms with Crippen LogP contribution in [0.5, 0.6) is 5.75 Å². The summed E-state index contributed by atoms with van der Waals surface area (Å²) in [5, 5.41) is 11.4. The summed E-state index contributed by atoms with van der Waals surface area (Å²) < 4.78 is 10.4. The Labute approximate surface area is 118 Å². The highest BCUT2D eigenvalue weighted by atomic mass is 16.5. The van der Waals surface area contributed by atoms with Crippen LogP contribution in [-0.4, -0.2) is 24.4 Å². The van der Waals surface area contributed by atoms with E-state index in [0.717, 1.165) is 10.6 Å². The van der Waals surface area contributed by atoms with E-state index in [0.29, 0.717) is 30.3 Å². The first-order valence-corrected chi connectivity index (χ1v) is 6.27. The van der Waals surface area contributed by atoms with Crippen LogP contribution in [0.25, 0.3) is 0 Å². The number of ether oxygens (including phenoxy) is 2. The molecule has 0 aliphatic heterocycles. The van der Waals surface area contributed by atoms with Crippen molar-refractivity contribution in [2.45, 2.75) is 13.2 Å². The first-order valence-electron chi connectivity index (χ1n) is 6.27. The van der Waals surface area contributed by atoms with Crippen molar-refractivity contribution >= 4 is 5.69 Å². The fourth-order valence-corrected chi connectivity index (χ4v) is 1.99. The molecule has 0 amide bonds. The third-order valence-corrected chi connectivity index (χ3v) is 2.90. The van der Waals surface area contributed by atoms with Gasteiger partial charge in [0.15, 0.2) is 5.75 Å². The smallest absolute Gasteiger partial charge is 0.168 e. The maximum absolute atomic E-state index is 10.3. The van der Waals surface area contributed by atoms with E-state index in [1.807, 2.05) is 30.3 Å². The minimum atomic E-state index is 0.330. The fraction of sp³-hybridized carbons (Fsp3) is 0.267. The Morgan fingerprint density at radius 3 is 2.55 bits per heavy atom. The van der Waals surface area contributed by atoms with Crippen LogP contribution in [0.1, 0.15) is 11.3 Å². The topological polar surface area (TPSA) is 54.8 Å². The lowest BCUT2D eigenvalue weighted by atomic mass is 10.2. The van der Waals surface area contributed by atoms with Crippen LogP contribution in [0.3, 0.4) is 0 Å². The van der Waals surface area contributed by atoms with Gasteiger partial charge in [0, 0.05) is 13.3 Å². The molecular weight excluding hydrogens is 256 g/mol. The molecule has 0 bridgehead atoms. The van der Waals surface area contributed by atoms with Gasteiger partial charge in [0.25, 0.3) is 0 Å². The van der Waals surface area contributed by atoms with Crippen LogP contribution in [0, 0.1) is 0 Å². The molecular formula is C15H18N2O3. The Kier molecular flexibility index (Phi) is 4.92. The molecule has 0 radical (unpaired) electrons. The summed E-state index contributed by atoms with van der Waals surface area (Å²) in [4.78, 5) is 4.20. The normalized spacial score (nSPS) is 10.3. The number of nitrogens with zero attached hydrogens (tertiary/aromatic N) is 2. The predicted molar refractivity (Wildman–Crippen MR) is 75.9 cm³/mol. The standard InChI is InChI=1S/C15H18N2O3/c1-19-11-13-15(20-2)14(8-9-16-13)17(18)10-12-6-4-3-5-7-12/h3-9,18H,10-11H2,1-2H3. The third kappa shape index (κ3) is 3.26. The van der Waals surface area contributed by atoms with E-state index in [2.05, 4.69) is 4.98 Å². The number of hydrogen-bond donors (Lipinski definition) is 1. The zero-order valence-electron chi connectivity index (χ0n) is 11.6. The second-order valence-electron chi connectivity index (χ2n) is 4.29. The molecule has 0 unspecified atom stereocenters. The first-order chi connectivity index (χ1) is 9.76.